The van der Waals surface area contributed by atoms with E-state index in [1.165, 1.54) is 6.07 Å². The lowest BCUT2D eigenvalue weighted by Crippen LogP contribution is -2.19. The molecule has 0 aliphatic rings. The number of aryl methyl sites for hydroxylation is 1. The predicted molar refractivity (Wildman–Crippen MR) is 81.1 cm³/mol. The van der Waals surface area contributed by atoms with Gasteiger partial charge in [0.25, 0.3) is 5.91 Å². The normalized spacial score (nSPS) is 11.3. The van der Waals surface area contributed by atoms with Gasteiger partial charge >= 0.3 is 12.1 Å². The monoisotopic (exact) mass is 356 g/mol. The van der Waals surface area contributed by atoms with Crippen LogP contribution in [0.25, 0.3) is 0 Å². The number of rotatable bonds is 4. The molecule has 7 nitrogen and oxygen atoms in total. The molecule has 0 aliphatic heterocycles. The molecule has 1 N–H and O–H groups in total. The molecule has 134 valence electrons. The second-order valence-corrected chi connectivity index (χ2v) is 5.14. The molecule has 1 aromatic heterocycles. The molecular weight excluding hydrogens is 341 g/mol. The standard InChI is InChI=1S/C15H15F3N4O3/c1-4-10(23)25-11-8(2)6-5-7-9(11)12(24)19-14-21-20-13(22(14)3)15(16,17)18/h5-7H,4H2,1-3H3,(H,19,21,24). The third kappa shape index (κ3) is 3.95. The van der Waals surface area contributed by atoms with Crippen molar-refractivity contribution in [3.05, 3.63) is 35.2 Å². The predicted octanol–water partition coefficient (Wildman–Crippen LogP) is 2.71. The van der Waals surface area contributed by atoms with Crippen LogP contribution < -0.4 is 10.1 Å². The molecule has 0 bridgehead atoms. The number of benzene rings is 1. The van der Waals surface area contributed by atoms with E-state index in [-0.39, 0.29) is 23.7 Å². The highest BCUT2D eigenvalue weighted by Crippen LogP contribution is 2.29. The number of amides is 1. The van der Waals surface area contributed by atoms with Crippen LogP contribution in [0.3, 0.4) is 0 Å². The Kier molecular flexibility index (Phi) is 5.10. The molecule has 2 rings (SSSR count). The van der Waals surface area contributed by atoms with E-state index in [0.29, 0.717) is 10.1 Å². The molecule has 2 aromatic rings. The van der Waals surface area contributed by atoms with Crippen LogP contribution in [0.1, 0.15) is 35.1 Å². The van der Waals surface area contributed by atoms with Crippen LogP contribution in [0, 0.1) is 6.92 Å². The Morgan fingerprint density at radius 1 is 1.28 bits per heavy atom. The highest BCUT2D eigenvalue weighted by atomic mass is 19.4. The number of alkyl halides is 3. The molecule has 0 unspecified atom stereocenters. The van der Waals surface area contributed by atoms with Crippen molar-refractivity contribution in [1.29, 1.82) is 0 Å². The first-order chi connectivity index (χ1) is 11.6. The number of halogens is 3. The Morgan fingerprint density at radius 3 is 2.52 bits per heavy atom. The molecule has 0 saturated carbocycles. The Labute approximate surface area is 140 Å². The van der Waals surface area contributed by atoms with E-state index in [9.17, 15) is 22.8 Å². The number of nitrogens with one attached hydrogen (secondary N) is 1. The van der Waals surface area contributed by atoms with Crippen LogP contribution in [0.2, 0.25) is 0 Å². The minimum absolute atomic E-state index is 0.00152. The minimum Gasteiger partial charge on any atom is -0.425 e. The SMILES string of the molecule is CCC(=O)Oc1c(C)cccc1C(=O)Nc1nnc(C(F)(F)F)n1C. The van der Waals surface area contributed by atoms with Crippen LogP contribution in [0.5, 0.6) is 5.75 Å². The number of nitrogens with zero attached hydrogens (tertiary/aromatic N) is 3. The summed E-state index contributed by atoms with van der Waals surface area (Å²) in [5, 5.41) is 8.59. The van der Waals surface area contributed by atoms with E-state index in [0.717, 1.165) is 7.05 Å². The van der Waals surface area contributed by atoms with Crippen molar-refractivity contribution >= 4 is 17.8 Å². The summed E-state index contributed by atoms with van der Waals surface area (Å²) in [6, 6.07) is 4.59. The maximum Gasteiger partial charge on any atom is 0.451 e. The topological polar surface area (TPSA) is 86.1 Å². The summed E-state index contributed by atoms with van der Waals surface area (Å²) in [6.07, 6.45) is -4.59. The van der Waals surface area contributed by atoms with Gasteiger partial charge in [-0.05, 0) is 18.6 Å². The van der Waals surface area contributed by atoms with Crippen LogP contribution in [0.4, 0.5) is 19.1 Å². The molecule has 1 heterocycles. The number of hydrogen-bond donors (Lipinski definition) is 1. The van der Waals surface area contributed by atoms with E-state index < -0.39 is 23.9 Å². The molecule has 0 aliphatic carbocycles. The first-order valence-electron chi connectivity index (χ1n) is 7.23. The summed E-state index contributed by atoms with van der Waals surface area (Å²) in [4.78, 5) is 23.9. The van der Waals surface area contributed by atoms with Gasteiger partial charge in [-0.25, -0.2) is 0 Å². The molecule has 10 heteroatoms. The van der Waals surface area contributed by atoms with E-state index in [1.54, 1.807) is 26.0 Å². The molecular formula is C15H15F3N4O3. The molecule has 0 fully saturated rings. The summed E-state index contributed by atoms with van der Waals surface area (Å²) in [5.74, 6) is -2.89. The van der Waals surface area contributed by atoms with Crippen LogP contribution in [-0.4, -0.2) is 26.6 Å². The lowest BCUT2D eigenvalue weighted by atomic mass is 10.1. The molecule has 0 atom stereocenters. The maximum absolute atomic E-state index is 12.7. The van der Waals surface area contributed by atoms with Crippen LogP contribution in [0.15, 0.2) is 18.2 Å². The highest BCUT2D eigenvalue weighted by Gasteiger charge is 2.37. The number of anilines is 1. The summed E-state index contributed by atoms with van der Waals surface area (Å²) in [5.41, 5.74) is 0.529. The average molecular weight is 356 g/mol. The number of carbonyl (C=O) groups is 2. The van der Waals surface area contributed by atoms with Gasteiger partial charge in [-0.3, -0.25) is 19.5 Å². The van der Waals surface area contributed by atoms with Gasteiger partial charge in [-0.15, -0.1) is 10.2 Å². The molecule has 0 spiro atoms. The summed E-state index contributed by atoms with van der Waals surface area (Å²) in [7, 11) is 1.08. The van der Waals surface area contributed by atoms with Gasteiger partial charge in [0.2, 0.25) is 11.8 Å². The zero-order valence-electron chi connectivity index (χ0n) is 13.6. The number of ether oxygens (including phenoxy) is 1. The Hall–Kier alpha value is -2.91. The Morgan fingerprint density at radius 2 is 1.96 bits per heavy atom. The van der Waals surface area contributed by atoms with Crippen molar-refractivity contribution in [3.63, 3.8) is 0 Å². The summed E-state index contributed by atoms with van der Waals surface area (Å²) >= 11 is 0. The van der Waals surface area contributed by atoms with Gasteiger partial charge < -0.3 is 4.74 Å². The zero-order chi connectivity index (χ0) is 18.8. The van der Waals surface area contributed by atoms with Crippen molar-refractivity contribution in [1.82, 2.24) is 14.8 Å². The summed E-state index contributed by atoms with van der Waals surface area (Å²) < 4.78 is 44.0. The summed E-state index contributed by atoms with van der Waals surface area (Å²) in [6.45, 7) is 3.23. The fraction of sp³-hybridized carbons (Fsp3) is 0.333. The third-order valence-corrected chi connectivity index (χ3v) is 3.31. The lowest BCUT2D eigenvalue weighted by molar-refractivity contribution is -0.147. The second kappa shape index (κ2) is 6.91. The Balaban J connectivity index is 2.32. The number of para-hydroxylation sites is 1. The van der Waals surface area contributed by atoms with Crippen molar-refractivity contribution in [2.24, 2.45) is 7.05 Å². The van der Waals surface area contributed by atoms with Gasteiger partial charge in [-0.1, -0.05) is 19.1 Å². The third-order valence-electron chi connectivity index (χ3n) is 3.31. The maximum atomic E-state index is 12.7. The van der Waals surface area contributed by atoms with E-state index >= 15 is 0 Å². The van der Waals surface area contributed by atoms with Crippen LogP contribution >= 0.6 is 0 Å². The molecule has 25 heavy (non-hydrogen) atoms. The van der Waals surface area contributed by atoms with E-state index in [2.05, 4.69) is 15.5 Å². The van der Waals surface area contributed by atoms with Gasteiger partial charge in [0.1, 0.15) is 5.75 Å². The van der Waals surface area contributed by atoms with Gasteiger partial charge in [0, 0.05) is 13.5 Å². The molecule has 0 saturated heterocycles. The van der Waals surface area contributed by atoms with Crippen molar-refractivity contribution in [2.75, 3.05) is 5.32 Å². The van der Waals surface area contributed by atoms with E-state index in [4.69, 9.17) is 4.74 Å². The molecule has 1 aromatic carbocycles. The Bertz CT molecular complexity index is 815. The fourth-order valence-corrected chi connectivity index (χ4v) is 2.01. The molecule has 1 amide bonds. The fourth-order valence-electron chi connectivity index (χ4n) is 2.01. The molecule has 0 radical (unpaired) electrons. The van der Waals surface area contributed by atoms with E-state index in [1.807, 2.05) is 0 Å². The zero-order valence-corrected chi connectivity index (χ0v) is 13.6. The quantitative estimate of drug-likeness (QED) is 0.672. The number of esters is 1. The lowest BCUT2D eigenvalue weighted by Gasteiger charge is -2.12. The van der Waals surface area contributed by atoms with Gasteiger partial charge in [-0.2, -0.15) is 13.2 Å². The minimum atomic E-state index is -4.70. The first kappa shape index (κ1) is 18.4. The van der Waals surface area contributed by atoms with Crippen LogP contribution in [-0.2, 0) is 18.0 Å². The number of aromatic nitrogens is 3. The number of hydrogen-bond acceptors (Lipinski definition) is 5. The van der Waals surface area contributed by atoms with Gasteiger partial charge in [0.05, 0.1) is 5.56 Å². The highest BCUT2D eigenvalue weighted by molar-refractivity contribution is 6.06. The van der Waals surface area contributed by atoms with Crippen molar-refractivity contribution in [2.45, 2.75) is 26.4 Å². The second-order valence-electron chi connectivity index (χ2n) is 5.14. The largest absolute Gasteiger partial charge is 0.451 e. The van der Waals surface area contributed by atoms with Crippen molar-refractivity contribution in [3.8, 4) is 5.75 Å². The van der Waals surface area contributed by atoms with Crippen molar-refractivity contribution < 1.29 is 27.5 Å². The number of carbonyl (C=O) groups excluding carboxylic acids is 2. The average Bonchev–Trinajstić information content (AvgIpc) is 2.90. The van der Waals surface area contributed by atoms with Gasteiger partial charge in [0.15, 0.2) is 0 Å². The smallest absolute Gasteiger partial charge is 0.425 e. The first-order valence-corrected chi connectivity index (χ1v) is 7.23.